The van der Waals surface area contributed by atoms with Gasteiger partial charge in [0.25, 0.3) is 0 Å². The average Bonchev–Trinajstić information content (AvgIpc) is 2.17. The second-order valence-electron chi connectivity index (χ2n) is 3.94. The van der Waals surface area contributed by atoms with Crippen LogP contribution < -0.4 is 4.74 Å². The molecule has 1 aromatic carbocycles. The first kappa shape index (κ1) is 9.06. The number of aliphatic carboxylic acids is 1. The summed E-state index contributed by atoms with van der Waals surface area (Å²) in [7, 11) is 0. The van der Waals surface area contributed by atoms with Crippen LogP contribution in [0.4, 0.5) is 0 Å². The third kappa shape index (κ3) is 1.35. The largest absolute Gasteiger partial charge is 0.492 e. The molecule has 14 heavy (non-hydrogen) atoms. The van der Waals surface area contributed by atoms with E-state index in [1.54, 1.807) is 6.92 Å². The van der Waals surface area contributed by atoms with Crippen LogP contribution in [0.5, 0.6) is 5.75 Å². The highest BCUT2D eigenvalue weighted by Gasteiger charge is 2.38. The Balaban J connectivity index is 2.34. The molecule has 1 atom stereocenters. The second kappa shape index (κ2) is 3.01. The molecule has 3 heteroatoms. The van der Waals surface area contributed by atoms with Gasteiger partial charge in [0, 0.05) is 0 Å². The van der Waals surface area contributed by atoms with Crippen molar-refractivity contribution in [3.05, 3.63) is 29.8 Å². The molecule has 0 unspecified atom stereocenters. The Kier molecular flexibility index (Phi) is 1.95. The van der Waals surface area contributed by atoms with Gasteiger partial charge >= 0.3 is 5.97 Å². The van der Waals surface area contributed by atoms with Crippen molar-refractivity contribution in [2.75, 3.05) is 6.61 Å². The molecule has 0 saturated carbocycles. The van der Waals surface area contributed by atoms with Crippen LogP contribution in [0, 0.1) is 5.41 Å². The lowest BCUT2D eigenvalue weighted by molar-refractivity contribution is -0.150. The molecule has 0 fully saturated rings. The molecule has 1 aromatic rings. The van der Waals surface area contributed by atoms with Gasteiger partial charge in [-0.25, -0.2) is 0 Å². The van der Waals surface area contributed by atoms with Crippen LogP contribution in [0.25, 0.3) is 0 Å². The molecule has 0 amide bonds. The number of fused-ring (bicyclic) bond motifs is 1. The molecule has 0 aromatic heterocycles. The van der Waals surface area contributed by atoms with Crippen molar-refractivity contribution in [2.45, 2.75) is 13.3 Å². The third-order valence-electron chi connectivity index (χ3n) is 2.62. The van der Waals surface area contributed by atoms with Crippen molar-refractivity contribution in [2.24, 2.45) is 5.41 Å². The molecule has 1 aliphatic heterocycles. The number of para-hydroxylation sites is 1. The van der Waals surface area contributed by atoms with Gasteiger partial charge in [-0.3, -0.25) is 4.79 Å². The summed E-state index contributed by atoms with van der Waals surface area (Å²) in [6, 6.07) is 7.57. The fraction of sp³-hybridized carbons (Fsp3) is 0.364. The molecule has 0 radical (unpaired) electrons. The normalized spacial score (nSPS) is 24.9. The molecule has 0 saturated heterocycles. The Morgan fingerprint density at radius 1 is 1.50 bits per heavy atom. The molecular weight excluding hydrogens is 180 g/mol. The van der Waals surface area contributed by atoms with Crippen molar-refractivity contribution in [1.82, 2.24) is 0 Å². The predicted molar refractivity (Wildman–Crippen MR) is 51.4 cm³/mol. The number of carboxylic acids is 1. The maximum Gasteiger partial charge on any atom is 0.313 e. The van der Waals surface area contributed by atoms with E-state index in [0.29, 0.717) is 6.42 Å². The fourth-order valence-corrected chi connectivity index (χ4v) is 1.64. The first-order chi connectivity index (χ1) is 6.62. The van der Waals surface area contributed by atoms with E-state index in [1.165, 1.54) is 0 Å². The summed E-state index contributed by atoms with van der Waals surface area (Å²) in [6.07, 6.45) is 0.540. The molecule has 74 valence electrons. The van der Waals surface area contributed by atoms with Crippen molar-refractivity contribution in [3.8, 4) is 5.75 Å². The lowest BCUT2D eigenvalue weighted by Crippen LogP contribution is -2.39. The molecule has 1 aliphatic rings. The van der Waals surface area contributed by atoms with Gasteiger partial charge in [0.1, 0.15) is 17.8 Å². The van der Waals surface area contributed by atoms with E-state index >= 15 is 0 Å². The van der Waals surface area contributed by atoms with E-state index in [4.69, 9.17) is 9.84 Å². The highest BCUT2D eigenvalue weighted by molar-refractivity contribution is 5.75. The molecule has 0 bridgehead atoms. The van der Waals surface area contributed by atoms with Gasteiger partial charge in [-0.05, 0) is 25.0 Å². The van der Waals surface area contributed by atoms with Crippen molar-refractivity contribution >= 4 is 5.97 Å². The van der Waals surface area contributed by atoms with Gasteiger partial charge < -0.3 is 9.84 Å². The number of hydrogen-bond donors (Lipinski definition) is 1. The number of carbonyl (C=O) groups is 1. The fourth-order valence-electron chi connectivity index (χ4n) is 1.64. The van der Waals surface area contributed by atoms with Crippen molar-refractivity contribution in [1.29, 1.82) is 0 Å². The first-order valence-electron chi connectivity index (χ1n) is 4.56. The number of benzene rings is 1. The van der Waals surface area contributed by atoms with Crippen LogP contribution >= 0.6 is 0 Å². The second-order valence-corrected chi connectivity index (χ2v) is 3.94. The Hall–Kier alpha value is -1.51. The van der Waals surface area contributed by atoms with Gasteiger partial charge in [0.2, 0.25) is 0 Å². The van der Waals surface area contributed by atoms with Crippen LogP contribution in [-0.4, -0.2) is 17.7 Å². The lowest BCUT2D eigenvalue weighted by atomic mass is 9.82. The zero-order chi connectivity index (χ0) is 10.2. The summed E-state index contributed by atoms with van der Waals surface area (Å²) < 4.78 is 5.42. The standard InChI is InChI=1S/C11H12O3/c1-11(10(12)13)6-8-4-2-3-5-9(8)14-7-11/h2-5H,6-7H2,1H3,(H,12,13)/t11-/m0/s1. The predicted octanol–water partition coefficient (Wildman–Crippen LogP) is 1.71. The van der Waals surface area contributed by atoms with E-state index in [1.807, 2.05) is 24.3 Å². The monoisotopic (exact) mass is 192 g/mol. The number of rotatable bonds is 1. The molecule has 1 heterocycles. The van der Waals surface area contributed by atoms with E-state index < -0.39 is 11.4 Å². The zero-order valence-corrected chi connectivity index (χ0v) is 7.99. The Morgan fingerprint density at radius 3 is 2.93 bits per heavy atom. The first-order valence-corrected chi connectivity index (χ1v) is 4.56. The van der Waals surface area contributed by atoms with E-state index in [0.717, 1.165) is 11.3 Å². The zero-order valence-electron chi connectivity index (χ0n) is 7.99. The van der Waals surface area contributed by atoms with Crippen molar-refractivity contribution < 1.29 is 14.6 Å². The van der Waals surface area contributed by atoms with Crippen LogP contribution in [0.15, 0.2) is 24.3 Å². The summed E-state index contributed by atoms with van der Waals surface area (Å²) in [6.45, 7) is 1.96. The highest BCUT2D eigenvalue weighted by Crippen LogP contribution is 2.34. The van der Waals surface area contributed by atoms with E-state index in [-0.39, 0.29) is 6.61 Å². The molecule has 1 N–H and O–H groups in total. The van der Waals surface area contributed by atoms with Crippen LogP contribution in [-0.2, 0) is 11.2 Å². The van der Waals surface area contributed by atoms with Gasteiger partial charge in [-0.1, -0.05) is 18.2 Å². The van der Waals surface area contributed by atoms with Crippen LogP contribution in [0.3, 0.4) is 0 Å². The minimum absolute atomic E-state index is 0.249. The summed E-state index contributed by atoms with van der Waals surface area (Å²) in [5, 5.41) is 9.04. The lowest BCUT2D eigenvalue weighted by Gasteiger charge is -2.30. The number of ether oxygens (including phenoxy) is 1. The topological polar surface area (TPSA) is 46.5 Å². The summed E-state index contributed by atoms with van der Waals surface area (Å²) in [4.78, 5) is 11.0. The number of hydrogen-bond acceptors (Lipinski definition) is 2. The maximum absolute atomic E-state index is 11.0. The highest BCUT2D eigenvalue weighted by atomic mass is 16.5. The van der Waals surface area contributed by atoms with Crippen molar-refractivity contribution in [3.63, 3.8) is 0 Å². The third-order valence-corrected chi connectivity index (χ3v) is 2.62. The summed E-state index contributed by atoms with van der Waals surface area (Å²) in [5.74, 6) is 0.0122. The van der Waals surface area contributed by atoms with Crippen LogP contribution in [0.1, 0.15) is 12.5 Å². The molecule has 0 aliphatic carbocycles. The molecular formula is C11H12O3. The number of carboxylic acid groups (broad SMARTS) is 1. The average molecular weight is 192 g/mol. The molecule has 2 rings (SSSR count). The molecule has 0 spiro atoms. The smallest absolute Gasteiger partial charge is 0.313 e. The Morgan fingerprint density at radius 2 is 2.21 bits per heavy atom. The van der Waals surface area contributed by atoms with E-state index in [2.05, 4.69) is 0 Å². The van der Waals surface area contributed by atoms with Gasteiger partial charge in [-0.15, -0.1) is 0 Å². The molecule has 3 nitrogen and oxygen atoms in total. The summed E-state index contributed by atoms with van der Waals surface area (Å²) in [5.41, 5.74) is 0.192. The summed E-state index contributed by atoms with van der Waals surface area (Å²) >= 11 is 0. The van der Waals surface area contributed by atoms with Gasteiger partial charge in [0.05, 0.1) is 0 Å². The maximum atomic E-state index is 11.0. The van der Waals surface area contributed by atoms with Gasteiger partial charge in [0.15, 0.2) is 0 Å². The SMILES string of the molecule is C[C@@]1(C(=O)O)COc2ccccc2C1. The van der Waals surface area contributed by atoms with E-state index in [9.17, 15) is 4.79 Å². The quantitative estimate of drug-likeness (QED) is 0.736. The van der Waals surface area contributed by atoms with Crippen LogP contribution in [0.2, 0.25) is 0 Å². The minimum Gasteiger partial charge on any atom is -0.492 e. The Bertz CT molecular complexity index is 373. The Labute approximate surface area is 82.3 Å². The minimum atomic E-state index is -0.799. The van der Waals surface area contributed by atoms with Gasteiger partial charge in [-0.2, -0.15) is 0 Å².